The Hall–Kier alpha value is -3.74. The fourth-order valence-electron chi connectivity index (χ4n) is 2.47. The molecule has 0 spiro atoms. The molecule has 0 fully saturated rings. The Morgan fingerprint density at radius 1 is 0.889 bits per heavy atom. The van der Waals surface area contributed by atoms with Crippen molar-refractivity contribution in [1.29, 1.82) is 0 Å². The minimum atomic E-state index is -0.163. The van der Waals surface area contributed by atoms with Crippen molar-refractivity contribution < 1.29 is 4.79 Å². The molecular weight excluding hydrogens is 340 g/mol. The molecule has 7 heteroatoms. The molecule has 1 amide bonds. The van der Waals surface area contributed by atoms with Gasteiger partial charge in [-0.2, -0.15) is 4.99 Å². The zero-order valence-electron chi connectivity index (χ0n) is 15.1. The van der Waals surface area contributed by atoms with Gasteiger partial charge in [-0.3, -0.25) is 4.79 Å². The van der Waals surface area contributed by atoms with Crippen molar-refractivity contribution in [2.45, 2.75) is 13.8 Å². The number of rotatable bonds is 4. The molecular formula is C20H20N6O. The summed E-state index contributed by atoms with van der Waals surface area (Å²) >= 11 is 0. The van der Waals surface area contributed by atoms with Crippen LogP contribution in [0.2, 0.25) is 0 Å². The van der Waals surface area contributed by atoms with Crippen molar-refractivity contribution >= 4 is 29.2 Å². The number of nitrogens with two attached hydrogens (primary N) is 1. The van der Waals surface area contributed by atoms with Crippen LogP contribution in [0.1, 0.15) is 21.7 Å². The highest BCUT2D eigenvalue weighted by Crippen LogP contribution is 2.15. The Kier molecular flexibility index (Phi) is 5.41. The molecule has 0 aliphatic carbocycles. The number of guanidine groups is 1. The van der Waals surface area contributed by atoms with Crippen LogP contribution in [-0.2, 0) is 0 Å². The van der Waals surface area contributed by atoms with Gasteiger partial charge in [-0.15, -0.1) is 0 Å². The number of amides is 1. The van der Waals surface area contributed by atoms with Gasteiger partial charge in [0.1, 0.15) is 0 Å². The van der Waals surface area contributed by atoms with Gasteiger partial charge in [0.2, 0.25) is 5.96 Å². The number of hydrogen-bond acceptors (Lipinski definition) is 4. The molecule has 3 rings (SSSR count). The summed E-state index contributed by atoms with van der Waals surface area (Å²) in [5.41, 5.74) is 9.59. The predicted octanol–water partition coefficient (Wildman–Crippen LogP) is 3.40. The largest absolute Gasteiger partial charge is 0.369 e. The van der Waals surface area contributed by atoms with E-state index < -0.39 is 0 Å². The Labute approximate surface area is 157 Å². The Bertz CT molecular complexity index is 947. The number of aliphatic imine (C=N–C) groups is 1. The molecule has 0 saturated heterocycles. The molecule has 0 unspecified atom stereocenters. The van der Waals surface area contributed by atoms with Crippen molar-refractivity contribution in [3.63, 3.8) is 0 Å². The minimum absolute atomic E-state index is 0.163. The molecule has 4 N–H and O–H groups in total. The maximum Gasteiger partial charge on any atom is 0.255 e. The monoisotopic (exact) mass is 360 g/mol. The number of benzene rings is 2. The quantitative estimate of drug-likeness (QED) is 0.488. The Morgan fingerprint density at radius 3 is 2.04 bits per heavy atom. The first kappa shape index (κ1) is 18.1. The number of hydrogen-bond donors (Lipinski definition) is 3. The van der Waals surface area contributed by atoms with Gasteiger partial charge in [0.15, 0.2) is 0 Å². The molecule has 0 bridgehead atoms. The van der Waals surface area contributed by atoms with Gasteiger partial charge in [-0.25, -0.2) is 9.97 Å². The molecule has 0 atom stereocenters. The number of nitrogens with zero attached hydrogens (tertiary/aromatic N) is 3. The van der Waals surface area contributed by atoms with E-state index in [0.717, 1.165) is 17.1 Å². The summed E-state index contributed by atoms with van der Waals surface area (Å²) in [5.74, 6) is 0.328. The van der Waals surface area contributed by atoms with Gasteiger partial charge in [0.25, 0.3) is 11.9 Å². The van der Waals surface area contributed by atoms with Crippen LogP contribution in [0.15, 0.2) is 65.7 Å². The number of nitrogens with one attached hydrogen (secondary N) is 2. The summed E-state index contributed by atoms with van der Waals surface area (Å²) in [5, 5.41) is 5.82. The summed E-state index contributed by atoms with van der Waals surface area (Å²) in [6, 6.07) is 18.1. The van der Waals surface area contributed by atoms with E-state index in [9.17, 15) is 4.79 Å². The summed E-state index contributed by atoms with van der Waals surface area (Å²) in [6.07, 6.45) is 0. The van der Waals surface area contributed by atoms with E-state index in [1.165, 1.54) is 0 Å². The maximum atomic E-state index is 12.2. The van der Waals surface area contributed by atoms with Crippen LogP contribution in [0.3, 0.4) is 0 Å². The third kappa shape index (κ3) is 5.12. The van der Waals surface area contributed by atoms with E-state index in [2.05, 4.69) is 25.6 Å². The third-order valence-electron chi connectivity index (χ3n) is 3.64. The highest BCUT2D eigenvalue weighted by atomic mass is 16.1. The average Bonchev–Trinajstić information content (AvgIpc) is 2.63. The van der Waals surface area contributed by atoms with E-state index in [1.807, 2.05) is 38.1 Å². The molecule has 27 heavy (non-hydrogen) atoms. The predicted molar refractivity (Wildman–Crippen MR) is 107 cm³/mol. The van der Waals surface area contributed by atoms with E-state index in [0.29, 0.717) is 17.2 Å². The highest BCUT2D eigenvalue weighted by Gasteiger charge is 2.05. The molecule has 136 valence electrons. The molecule has 7 nitrogen and oxygen atoms in total. The van der Waals surface area contributed by atoms with Gasteiger partial charge >= 0.3 is 0 Å². The first-order valence-electron chi connectivity index (χ1n) is 8.39. The molecule has 2 aromatic carbocycles. The molecule has 0 aliphatic heterocycles. The van der Waals surface area contributed by atoms with Gasteiger partial charge in [-0.1, -0.05) is 18.2 Å². The smallest absolute Gasteiger partial charge is 0.255 e. The van der Waals surface area contributed by atoms with Crippen molar-refractivity contribution in [3.05, 3.63) is 77.6 Å². The lowest BCUT2D eigenvalue weighted by atomic mass is 10.2. The average molecular weight is 360 g/mol. The lowest BCUT2D eigenvalue weighted by Crippen LogP contribution is -2.22. The van der Waals surface area contributed by atoms with Crippen molar-refractivity contribution in [2.75, 3.05) is 10.6 Å². The van der Waals surface area contributed by atoms with Crippen molar-refractivity contribution in [2.24, 2.45) is 10.7 Å². The van der Waals surface area contributed by atoms with E-state index in [4.69, 9.17) is 5.73 Å². The van der Waals surface area contributed by atoms with E-state index in [1.54, 1.807) is 36.4 Å². The van der Waals surface area contributed by atoms with Gasteiger partial charge in [-0.05, 0) is 56.3 Å². The van der Waals surface area contributed by atoms with Crippen molar-refractivity contribution in [3.8, 4) is 0 Å². The second kappa shape index (κ2) is 8.09. The summed E-state index contributed by atoms with van der Waals surface area (Å²) in [7, 11) is 0. The van der Waals surface area contributed by atoms with Crippen LogP contribution in [0.5, 0.6) is 0 Å². The zero-order valence-corrected chi connectivity index (χ0v) is 15.1. The van der Waals surface area contributed by atoms with Crippen LogP contribution in [0.4, 0.5) is 17.3 Å². The molecule has 0 saturated carbocycles. The first-order valence-corrected chi connectivity index (χ1v) is 8.39. The van der Waals surface area contributed by atoms with Gasteiger partial charge < -0.3 is 16.4 Å². The molecule has 3 aromatic rings. The topological polar surface area (TPSA) is 105 Å². The SMILES string of the molecule is Cc1cc(C)nc(N=C(N)Nc2ccc(NC(=O)c3ccccc3)cc2)n1. The third-order valence-corrected chi connectivity index (χ3v) is 3.64. The normalized spacial score (nSPS) is 11.1. The highest BCUT2D eigenvalue weighted by molar-refractivity contribution is 6.04. The molecule has 1 heterocycles. The number of carbonyl (C=O) groups is 1. The number of aryl methyl sites for hydroxylation is 2. The molecule has 0 radical (unpaired) electrons. The first-order chi connectivity index (χ1) is 13.0. The van der Waals surface area contributed by atoms with Crippen LogP contribution in [0, 0.1) is 13.8 Å². The lowest BCUT2D eigenvalue weighted by molar-refractivity contribution is 0.102. The zero-order chi connectivity index (χ0) is 19.2. The summed E-state index contributed by atoms with van der Waals surface area (Å²) in [4.78, 5) is 24.8. The van der Waals surface area contributed by atoms with E-state index in [-0.39, 0.29) is 11.9 Å². The number of aromatic nitrogens is 2. The fraction of sp³-hybridized carbons (Fsp3) is 0.100. The molecule has 0 aliphatic rings. The standard InChI is InChI=1S/C20H20N6O/c1-13-12-14(2)23-20(22-13)26-19(21)25-17-10-8-16(9-11-17)24-18(27)15-6-4-3-5-7-15/h3-12H,1-2H3,(H,24,27)(H3,21,22,23,25,26). The van der Waals surface area contributed by atoms with Crippen LogP contribution in [-0.4, -0.2) is 21.8 Å². The van der Waals surface area contributed by atoms with E-state index >= 15 is 0 Å². The second-order valence-electron chi connectivity index (χ2n) is 5.97. The number of carbonyl (C=O) groups excluding carboxylic acids is 1. The second-order valence-corrected chi connectivity index (χ2v) is 5.97. The number of anilines is 2. The molecule has 1 aromatic heterocycles. The maximum absolute atomic E-state index is 12.2. The Morgan fingerprint density at radius 2 is 1.44 bits per heavy atom. The lowest BCUT2D eigenvalue weighted by Gasteiger charge is -2.08. The van der Waals surface area contributed by atoms with Gasteiger partial charge in [0, 0.05) is 28.3 Å². The Balaban J connectivity index is 1.65. The van der Waals surface area contributed by atoms with Crippen LogP contribution >= 0.6 is 0 Å². The minimum Gasteiger partial charge on any atom is -0.369 e. The van der Waals surface area contributed by atoms with Crippen LogP contribution in [0.25, 0.3) is 0 Å². The van der Waals surface area contributed by atoms with Gasteiger partial charge in [0.05, 0.1) is 0 Å². The summed E-state index contributed by atoms with van der Waals surface area (Å²) in [6.45, 7) is 3.75. The fourth-order valence-corrected chi connectivity index (χ4v) is 2.47. The van der Waals surface area contributed by atoms with Crippen molar-refractivity contribution in [1.82, 2.24) is 9.97 Å². The summed E-state index contributed by atoms with van der Waals surface area (Å²) < 4.78 is 0. The van der Waals surface area contributed by atoms with Crippen LogP contribution < -0.4 is 16.4 Å².